The van der Waals surface area contributed by atoms with Crippen molar-refractivity contribution < 1.29 is 13.2 Å². The Bertz CT molecular complexity index is 1000. The minimum atomic E-state index is -2.61. The van der Waals surface area contributed by atoms with Crippen LogP contribution in [0.15, 0.2) is 64.5 Å². The number of benzene rings is 1. The maximum absolute atomic E-state index is 13.0. The molecule has 0 fully saturated rings. The summed E-state index contributed by atoms with van der Waals surface area (Å²) in [5, 5.41) is 1.55. The second-order valence-electron chi connectivity index (χ2n) is 5.16. The highest BCUT2D eigenvalue weighted by molar-refractivity contribution is 7.98. The van der Waals surface area contributed by atoms with Gasteiger partial charge in [-0.05, 0) is 18.2 Å². The Morgan fingerprint density at radius 2 is 2.00 bits per heavy atom. The number of imidazole rings is 1. The molecule has 3 aromatic heterocycles. The molecule has 0 unspecified atom stereocenters. The highest BCUT2D eigenvalue weighted by Gasteiger charge is 2.15. The van der Waals surface area contributed by atoms with Crippen LogP contribution in [0.2, 0.25) is 0 Å². The molecule has 0 aliphatic heterocycles. The molecule has 0 radical (unpaired) electrons. The molecule has 0 aliphatic carbocycles. The molecule has 5 nitrogen and oxygen atoms in total. The summed E-state index contributed by atoms with van der Waals surface area (Å²) in [6, 6.07) is 11.1. The second-order valence-corrected chi connectivity index (χ2v) is 6.13. The van der Waals surface area contributed by atoms with Gasteiger partial charge in [0.05, 0.1) is 17.5 Å². The number of nitrogens with zero attached hydrogens (tertiary/aromatic N) is 4. The van der Waals surface area contributed by atoms with E-state index in [9.17, 15) is 8.78 Å². The van der Waals surface area contributed by atoms with Gasteiger partial charge in [-0.3, -0.25) is 4.57 Å². The second kappa shape index (κ2) is 6.64. The summed E-state index contributed by atoms with van der Waals surface area (Å²) >= 11 is 1.34. The van der Waals surface area contributed by atoms with Crippen molar-refractivity contribution in [2.75, 3.05) is 0 Å². The molecule has 0 atom stereocenters. The van der Waals surface area contributed by atoms with Crippen LogP contribution >= 0.6 is 11.8 Å². The highest BCUT2D eigenvalue weighted by Crippen LogP contribution is 2.30. The van der Waals surface area contributed by atoms with Crippen LogP contribution in [0.5, 0.6) is 0 Å². The van der Waals surface area contributed by atoms with Crippen molar-refractivity contribution in [2.24, 2.45) is 0 Å². The average molecular weight is 358 g/mol. The number of hydrogen-bond donors (Lipinski definition) is 0. The summed E-state index contributed by atoms with van der Waals surface area (Å²) < 4.78 is 32.2. The summed E-state index contributed by atoms with van der Waals surface area (Å²) in [5.74, 6) is 1.59. The molecule has 0 saturated heterocycles. The van der Waals surface area contributed by atoms with Gasteiger partial charge in [0.2, 0.25) is 0 Å². The molecule has 3 heterocycles. The van der Waals surface area contributed by atoms with Crippen molar-refractivity contribution in [1.82, 2.24) is 19.5 Å². The molecule has 8 heteroatoms. The number of thioether (sulfide) groups is 1. The Hall–Kier alpha value is -2.74. The van der Waals surface area contributed by atoms with Gasteiger partial charge in [-0.2, -0.15) is 8.78 Å². The number of hydrogen-bond acceptors (Lipinski definition) is 5. The SMILES string of the molecule is FC(F)n1ccnc1CSc1nc(-c2ccco2)nc2ccccc12. The summed E-state index contributed by atoms with van der Waals surface area (Å²) in [4.78, 5) is 13.1. The first-order valence-corrected chi connectivity index (χ1v) is 8.44. The number of halogens is 2. The minimum Gasteiger partial charge on any atom is -0.461 e. The molecule has 0 amide bonds. The Balaban J connectivity index is 1.71. The molecular weight excluding hydrogens is 346 g/mol. The quantitative estimate of drug-likeness (QED) is 0.380. The number of alkyl halides is 2. The fourth-order valence-electron chi connectivity index (χ4n) is 2.44. The van der Waals surface area contributed by atoms with Gasteiger partial charge in [-0.15, -0.1) is 0 Å². The summed E-state index contributed by atoms with van der Waals surface area (Å²) in [7, 11) is 0. The Kier molecular flexibility index (Phi) is 4.19. The van der Waals surface area contributed by atoms with E-state index in [1.807, 2.05) is 24.3 Å². The van der Waals surface area contributed by atoms with Gasteiger partial charge in [-0.25, -0.2) is 15.0 Å². The van der Waals surface area contributed by atoms with Crippen molar-refractivity contribution in [2.45, 2.75) is 17.3 Å². The minimum absolute atomic E-state index is 0.274. The fraction of sp³-hybridized carbons (Fsp3) is 0.118. The number of para-hydroxylation sites is 1. The summed E-state index contributed by atoms with van der Waals surface area (Å²) in [6.07, 6.45) is 4.20. The smallest absolute Gasteiger partial charge is 0.319 e. The van der Waals surface area contributed by atoms with Crippen LogP contribution in [0.3, 0.4) is 0 Å². The molecule has 0 aliphatic rings. The molecule has 0 spiro atoms. The number of fused-ring (bicyclic) bond motifs is 1. The van der Waals surface area contributed by atoms with Gasteiger partial charge in [-0.1, -0.05) is 30.0 Å². The molecule has 1 aromatic carbocycles. The first-order valence-electron chi connectivity index (χ1n) is 7.45. The van der Waals surface area contributed by atoms with Gasteiger partial charge in [0, 0.05) is 17.8 Å². The number of aromatic nitrogens is 4. The van der Waals surface area contributed by atoms with Gasteiger partial charge < -0.3 is 4.42 Å². The largest absolute Gasteiger partial charge is 0.461 e. The van der Waals surface area contributed by atoms with E-state index >= 15 is 0 Å². The van der Waals surface area contributed by atoms with Crippen molar-refractivity contribution in [3.8, 4) is 11.6 Å². The van der Waals surface area contributed by atoms with Crippen molar-refractivity contribution in [3.63, 3.8) is 0 Å². The third kappa shape index (κ3) is 3.12. The third-order valence-electron chi connectivity index (χ3n) is 3.61. The van der Waals surface area contributed by atoms with E-state index < -0.39 is 6.55 Å². The van der Waals surface area contributed by atoms with E-state index in [1.165, 1.54) is 24.2 Å². The monoisotopic (exact) mass is 358 g/mol. The standard InChI is InChI=1S/C17H12F2N4OS/c18-17(19)23-8-7-20-14(23)10-25-16-11-4-1-2-5-12(11)21-15(22-16)13-6-3-9-24-13/h1-9,17H,10H2. The zero-order chi connectivity index (χ0) is 17.2. The van der Waals surface area contributed by atoms with E-state index in [0.29, 0.717) is 22.4 Å². The Morgan fingerprint density at radius 1 is 1.12 bits per heavy atom. The lowest BCUT2D eigenvalue weighted by molar-refractivity contribution is 0.0678. The van der Waals surface area contributed by atoms with E-state index in [0.717, 1.165) is 15.5 Å². The Labute approximate surface area is 145 Å². The average Bonchev–Trinajstić information content (AvgIpc) is 3.31. The molecule has 4 rings (SSSR count). The molecule has 126 valence electrons. The van der Waals surface area contributed by atoms with Crippen LogP contribution in [0.25, 0.3) is 22.5 Å². The lowest BCUT2D eigenvalue weighted by atomic mass is 10.2. The lowest BCUT2D eigenvalue weighted by Gasteiger charge is -2.08. The topological polar surface area (TPSA) is 56.7 Å². The van der Waals surface area contributed by atoms with Crippen molar-refractivity contribution >= 4 is 22.7 Å². The third-order valence-corrected chi connectivity index (χ3v) is 4.59. The molecule has 4 aromatic rings. The molecule has 0 saturated carbocycles. The fourth-order valence-corrected chi connectivity index (χ4v) is 3.41. The molecular formula is C17H12F2N4OS. The van der Waals surface area contributed by atoms with Crippen LogP contribution in [0.1, 0.15) is 12.4 Å². The first kappa shape index (κ1) is 15.8. The lowest BCUT2D eigenvalue weighted by Crippen LogP contribution is -2.02. The normalized spacial score (nSPS) is 11.5. The molecule has 25 heavy (non-hydrogen) atoms. The van der Waals surface area contributed by atoms with Crippen molar-refractivity contribution in [1.29, 1.82) is 0 Å². The van der Waals surface area contributed by atoms with Crippen LogP contribution in [0.4, 0.5) is 8.78 Å². The van der Waals surface area contributed by atoms with Gasteiger partial charge in [0.15, 0.2) is 11.6 Å². The number of furan rings is 1. The number of rotatable bonds is 5. The summed E-state index contributed by atoms with van der Waals surface area (Å²) in [6.45, 7) is -2.61. The molecule has 0 N–H and O–H groups in total. The van der Waals surface area contributed by atoms with E-state index in [4.69, 9.17) is 4.42 Å². The van der Waals surface area contributed by atoms with Crippen LogP contribution in [-0.4, -0.2) is 19.5 Å². The summed E-state index contributed by atoms with van der Waals surface area (Å²) in [5.41, 5.74) is 0.767. The zero-order valence-corrected chi connectivity index (χ0v) is 13.7. The van der Waals surface area contributed by atoms with E-state index in [1.54, 1.807) is 18.4 Å². The van der Waals surface area contributed by atoms with Crippen LogP contribution in [-0.2, 0) is 5.75 Å². The van der Waals surface area contributed by atoms with E-state index in [-0.39, 0.29) is 5.75 Å². The maximum Gasteiger partial charge on any atom is 0.319 e. The Morgan fingerprint density at radius 3 is 2.80 bits per heavy atom. The van der Waals surface area contributed by atoms with Gasteiger partial charge in [0.25, 0.3) is 0 Å². The van der Waals surface area contributed by atoms with Crippen LogP contribution < -0.4 is 0 Å². The molecule has 0 bridgehead atoms. The maximum atomic E-state index is 13.0. The van der Waals surface area contributed by atoms with E-state index in [2.05, 4.69) is 15.0 Å². The van der Waals surface area contributed by atoms with Gasteiger partial charge in [0.1, 0.15) is 10.9 Å². The predicted octanol–water partition coefficient (Wildman–Crippen LogP) is 4.77. The van der Waals surface area contributed by atoms with Crippen LogP contribution in [0, 0.1) is 0 Å². The predicted molar refractivity (Wildman–Crippen MR) is 90.3 cm³/mol. The highest BCUT2D eigenvalue weighted by atomic mass is 32.2. The first-order chi connectivity index (χ1) is 12.2. The van der Waals surface area contributed by atoms with Gasteiger partial charge >= 0.3 is 6.55 Å². The van der Waals surface area contributed by atoms with Crippen molar-refractivity contribution in [3.05, 3.63) is 60.9 Å². The zero-order valence-electron chi connectivity index (χ0n) is 12.8.